The standard InChI is InChI=1S/C7H11N7S/c1-2-14-5(9-4-10-14)3-15-7-11-6(8)12-13-7/h4H,2-3H2,1H3,(H3,8,11,12,13). The molecule has 2 rings (SSSR count). The number of H-pyrrole nitrogens is 1. The second-order valence-electron chi connectivity index (χ2n) is 2.78. The quantitative estimate of drug-likeness (QED) is 0.726. The van der Waals surface area contributed by atoms with E-state index >= 15 is 0 Å². The second kappa shape index (κ2) is 4.30. The zero-order chi connectivity index (χ0) is 10.7. The summed E-state index contributed by atoms with van der Waals surface area (Å²) in [5.41, 5.74) is 5.41. The summed E-state index contributed by atoms with van der Waals surface area (Å²) in [4.78, 5) is 8.13. The van der Waals surface area contributed by atoms with E-state index in [4.69, 9.17) is 5.73 Å². The van der Waals surface area contributed by atoms with E-state index in [0.717, 1.165) is 12.4 Å². The Kier molecular flexibility index (Phi) is 2.86. The third kappa shape index (κ3) is 2.27. The van der Waals surface area contributed by atoms with Crippen molar-refractivity contribution >= 4 is 17.7 Å². The molecule has 3 N–H and O–H groups in total. The molecule has 0 bridgehead atoms. The number of rotatable bonds is 4. The van der Waals surface area contributed by atoms with Gasteiger partial charge in [0.25, 0.3) is 0 Å². The highest BCUT2D eigenvalue weighted by Gasteiger charge is 2.06. The van der Waals surface area contributed by atoms with Crippen molar-refractivity contribution in [3.05, 3.63) is 12.2 Å². The van der Waals surface area contributed by atoms with Gasteiger partial charge in [-0.25, -0.2) is 14.8 Å². The van der Waals surface area contributed by atoms with Crippen LogP contribution < -0.4 is 5.73 Å². The van der Waals surface area contributed by atoms with E-state index in [9.17, 15) is 0 Å². The number of thioether (sulfide) groups is 1. The van der Waals surface area contributed by atoms with Crippen LogP contribution >= 0.6 is 11.8 Å². The predicted molar refractivity (Wildman–Crippen MR) is 56.1 cm³/mol. The third-order valence-corrected chi connectivity index (χ3v) is 2.65. The molecule has 7 nitrogen and oxygen atoms in total. The molecule has 2 aromatic rings. The molecule has 8 heteroatoms. The van der Waals surface area contributed by atoms with Crippen molar-refractivity contribution in [2.24, 2.45) is 0 Å². The fraction of sp³-hybridized carbons (Fsp3) is 0.429. The summed E-state index contributed by atoms with van der Waals surface area (Å²) < 4.78 is 1.84. The van der Waals surface area contributed by atoms with Crippen LogP contribution in [0.25, 0.3) is 0 Å². The van der Waals surface area contributed by atoms with Gasteiger partial charge in [0, 0.05) is 6.54 Å². The average molecular weight is 225 g/mol. The first-order valence-corrected chi connectivity index (χ1v) is 5.45. The largest absolute Gasteiger partial charge is 0.368 e. The molecule has 0 spiro atoms. The van der Waals surface area contributed by atoms with Crippen LogP contribution in [0.4, 0.5) is 5.95 Å². The molecular weight excluding hydrogens is 214 g/mol. The first-order valence-electron chi connectivity index (χ1n) is 4.47. The summed E-state index contributed by atoms with van der Waals surface area (Å²) in [5.74, 6) is 1.92. The van der Waals surface area contributed by atoms with E-state index in [2.05, 4.69) is 25.3 Å². The molecule has 0 unspecified atom stereocenters. The maximum absolute atomic E-state index is 5.41. The van der Waals surface area contributed by atoms with Gasteiger partial charge in [-0.05, 0) is 6.92 Å². The van der Waals surface area contributed by atoms with Crippen LogP contribution in [-0.4, -0.2) is 29.9 Å². The number of anilines is 1. The monoisotopic (exact) mass is 225 g/mol. The number of aromatic amines is 1. The number of aryl methyl sites for hydroxylation is 1. The molecular formula is C7H11N7S. The van der Waals surface area contributed by atoms with Gasteiger partial charge < -0.3 is 5.73 Å². The SMILES string of the molecule is CCn1ncnc1CSc1n[nH]c(N)n1. The minimum Gasteiger partial charge on any atom is -0.368 e. The molecule has 0 aliphatic rings. The molecule has 0 saturated carbocycles. The molecule has 0 aromatic carbocycles. The molecule has 0 fully saturated rings. The molecule has 0 aliphatic heterocycles. The highest BCUT2D eigenvalue weighted by Crippen LogP contribution is 2.17. The molecule has 80 valence electrons. The van der Waals surface area contributed by atoms with Crippen molar-refractivity contribution in [3.63, 3.8) is 0 Å². The second-order valence-corrected chi connectivity index (χ2v) is 3.73. The molecule has 0 radical (unpaired) electrons. The molecule has 0 saturated heterocycles. The van der Waals surface area contributed by atoms with Crippen molar-refractivity contribution in [1.29, 1.82) is 0 Å². The van der Waals surface area contributed by atoms with Gasteiger partial charge in [-0.3, -0.25) is 0 Å². The predicted octanol–water partition coefficient (Wildman–Crippen LogP) is 0.291. The lowest BCUT2D eigenvalue weighted by Crippen LogP contribution is -2.02. The number of nitrogens with two attached hydrogens (primary N) is 1. The lowest BCUT2D eigenvalue weighted by atomic mass is 10.6. The van der Waals surface area contributed by atoms with Crippen molar-refractivity contribution in [2.75, 3.05) is 5.73 Å². The Morgan fingerprint density at radius 2 is 2.47 bits per heavy atom. The zero-order valence-corrected chi connectivity index (χ0v) is 9.03. The van der Waals surface area contributed by atoms with Crippen LogP contribution in [0.5, 0.6) is 0 Å². The fourth-order valence-corrected chi connectivity index (χ4v) is 1.87. The Hall–Kier alpha value is -1.57. The molecule has 2 aromatic heterocycles. The van der Waals surface area contributed by atoms with Crippen molar-refractivity contribution < 1.29 is 0 Å². The smallest absolute Gasteiger partial charge is 0.216 e. The summed E-state index contributed by atoms with van der Waals surface area (Å²) in [6.45, 7) is 2.83. The summed E-state index contributed by atoms with van der Waals surface area (Å²) in [6, 6.07) is 0. The van der Waals surface area contributed by atoms with Gasteiger partial charge >= 0.3 is 0 Å². The molecule has 0 amide bonds. The number of nitrogen functional groups attached to an aromatic ring is 1. The van der Waals surface area contributed by atoms with Crippen LogP contribution in [0.2, 0.25) is 0 Å². The first-order chi connectivity index (χ1) is 7.29. The van der Waals surface area contributed by atoms with Gasteiger partial charge in [0.1, 0.15) is 12.2 Å². The Balaban J connectivity index is 1.98. The lowest BCUT2D eigenvalue weighted by molar-refractivity contribution is 0.632. The van der Waals surface area contributed by atoms with Gasteiger partial charge in [-0.2, -0.15) is 10.1 Å². The average Bonchev–Trinajstić information content (AvgIpc) is 2.83. The minimum absolute atomic E-state index is 0.328. The van der Waals surface area contributed by atoms with E-state index < -0.39 is 0 Å². The zero-order valence-electron chi connectivity index (χ0n) is 8.21. The number of nitrogens with zero attached hydrogens (tertiary/aromatic N) is 5. The summed E-state index contributed by atoms with van der Waals surface area (Å²) in [5, 5.41) is 11.2. The highest BCUT2D eigenvalue weighted by atomic mass is 32.2. The lowest BCUT2D eigenvalue weighted by Gasteiger charge is -1.99. The van der Waals surface area contributed by atoms with Crippen LogP contribution in [-0.2, 0) is 12.3 Å². The maximum Gasteiger partial charge on any atom is 0.216 e. The highest BCUT2D eigenvalue weighted by molar-refractivity contribution is 7.98. The molecule has 2 heterocycles. The fourth-order valence-electron chi connectivity index (χ4n) is 1.12. The van der Waals surface area contributed by atoms with E-state index in [-0.39, 0.29) is 0 Å². The van der Waals surface area contributed by atoms with Crippen LogP contribution in [0.15, 0.2) is 11.5 Å². The van der Waals surface area contributed by atoms with Gasteiger partial charge in [0.05, 0.1) is 5.75 Å². The van der Waals surface area contributed by atoms with E-state index in [1.54, 1.807) is 6.33 Å². The molecule has 0 atom stereocenters. The van der Waals surface area contributed by atoms with Gasteiger partial charge in [-0.1, -0.05) is 11.8 Å². The molecule has 0 aliphatic carbocycles. The van der Waals surface area contributed by atoms with Crippen LogP contribution in [0.3, 0.4) is 0 Å². The Labute approximate surface area is 90.5 Å². The summed E-state index contributed by atoms with van der Waals surface area (Å²) in [6.07, 6.45) is 1.55. The van der Waals surface area contributed by atoms with E-state index in [1.165, 1.54) is 11.8 Å². The Morgan fingerprint density at radius 3 is 3.13 bits per heavy atom. The maximum atomic E-state index is 5.41. The number of nitrogens with one attached hydrogen (secondary N) is 1. The van der Waals surface area contributed by atoms with E-state index in [0.29, 0.717) is 16.9 Å². The minimum atomic E-state index is 0.328. The Morgan fingerprint density at radius 1 is 1.60 bits per heavy atom. The van der Waals surface area contributed by atoms with Gasteiger partial charge in [0.15, 0.2) is 0 Å². The molecule has 15 heavy (non-hydrogen) atoms. The normalized spacial score (nSPS) is 10.7. The van der Waals surface area contributed by atoms with Crippen LogP contribution in [0, 0.1) is 0 Å². The Bertz CT molecular complexity index is 434. The summed E-state index contributed by atoms with van der Waals surface area (Å²) >= 11 is 1.47. The van der Waals surface area contributed by atoms with Gasteiger partial charge in [0.2, 0.25) is 11.1 Å². The van der Waals surface area contributed by atoms with Crippen LogP contribution in [0.1, 0.15) is 12.7 Å². The summed E-state index contributed by atoms with van der Waals surface area (Å²) in [7, 11) is 0. The number of hydrogen-bond acceptors (Lipinski definition) is 6. The van der Waals surface area contributed by atoms with Crippen molar-refractivity contribution in [1.82, 2.24) is 29.9 Å². The third-order valence-electron chi connectivity index (χ3n) is 1.81. The first kappa shape index (κ1) is 9.97. The van der Waals surface area contributed by atoms with Gasteiger partial charge in [-0.15, -0.1) is 5.10 Å². The van der Waals surface area contributed by atoms with Crippen molar-refractivity contribution in [2.45, 2.75) is 24.4 Å². The number of hydrogen-bond donors (Lipinski definition) is 2. The number of aromatic nitrogens is 6. The topological polar surface area (TPSA) is 98.3 Å². The van der Waals surface area contributed by atoms with Crippen molar-refractivity contribution in [3.8, 4) is 0 Å². The van der Waals surface area contributed by atoms with E-state index in [1.807, 2.05) is 11.6 Å².